The Labute approximate surface area is 186 Å². The first-order valence-electron chi connectivity index (χ1n) is 9.66. The standard InChI is InChI=1S/C24H23ClN2O2S/c1-3-22(24(29)27-18-10-6-9-17(25)14-18)30-20-12-7-11-19(15-20)26-23(28)21-13-5-4-8-16(21)2/h4-15,22H,3H2,1-2H3,(H,26,28)(H,27,29). The van der Waals surface area contributed by atoms with Crippen LogP contribution in [0.2, 0.25) is 5.02 Å². The highest BCUT2D eigenvalue weighted by Crippen LogP contribution is 2.29. The van der Waals surface area contributed by atoms with Gasteiger partial charge in [0.15, 0.2) is 0 Å². The first kappa shape index (κ1) is 21.9. The molecule has 0 saturated heterocycles. The number of benzene rings is 3. The molecule has 2 N–H and O–H groups in total. The predicted molar refractivity (Wildman–Crippen MR) is 126 cm³/mol. The molecule has 0 radical (unpaired) electrons. The van der Waals surface area contributed by atoms with Gasteiger partial charge in [-0.25, -0.2) is 0 Å². The SMILES string of the molecule is CCC(Sc1cccc(NC(=O)c2ccccc2C)c1)C(=O)Nc1cccc(Cl)c1. The van der Waals surface area contributed by atoms with Crippen molar-refractivity contribution in [2.24, 2.45) is 0 Å². The Morgan fingerprint density at radius 1 is 0.933 bits per heavy atom. The number of rotatable bonds is 7. The second-order valence-electron chi connectivity index (χ2n) is 6.81. The predicted octanol–water partition coefficient (Wildman–Crippen LogP) is 6.41. The van der Waals surface area contributed by atoms with E-state index in [1.807, 2.05) is 62.4 Å². The van der Waals surface area contributed by atoms with Crippen molar-refractivity contribution >= 4 is 46.6 Å². The molecular weight excluding hydrogens is 416 g/mol. The summed E-state index contributed by atoms with van der Waals surface area (Å²) in [6.07, 6.45) is 0.664. The number of amides is 2. The van der Waals surface area contributed by atoms with Crippen molar-refractivity contribution in [3.05, 3.63) is 88.9 Å². The summed E-state index contributed by atoms with van der Waals surface area (Å²) in [6, 6.07) is 22.1. The molecule has 0 fully saturated rings. The number of hydrogen-bond donors (Lipinski definition) is 2. The highest BCUT2D eigenvalue weighted by Gasteiger charge is 2.18. The summed E-state index contributed by atoms with van der Waals surface area (Å²) in [5.74, 6) is -0.236. The largest absolute Gasteiger partial charge is 0.325 e. The minimum atomic E-state index is -0.272. The molecule has 0 aliphatic heterocycles. The summed E-state index contributed by atoms with van der Waals surface area (Å²) in [4.78, 5) is 26.2. The normalized spacial score (nSPS) is 11.6. The highest BCUT2D eigenvalue weighted by molar-refractivity contribution is 8.00. The molecule has 0 aromatic heterocycles. The van der Waals surface area contributed by atoms with E-state index < -0.39 is 0 Å². The second-order valence-corrected chi connectivity index (χ2v) is 8.52. The summed E-state index contributed by atoms with van der Waals surface area (Å²) in [7, 11) is 0. The van der Waals surface area contributed by atoms with Crippen molar-refractivity contribution in [1.82, 2.24) is 0 Å². The van der Waals surface area contributed by atoms with Gasteiger partial charge in [0.05, 0.1) is 5.25 Å². The van der Waals surface area contributed by atoms with Crippen LogP contribution in [0.4, 0.5) is 11.4 Å². The molecule has 6 heteroatoms. The molecule has 4 nitrogen and oxygen atoms in total. The van der Waals surface area contributed by atoms with Gasteiger partial charge in [-0.2, -0.15) is 0 Å². The summed E-state index contributed by atoms with van der Waals surface area (Å²) in [6.45, 7) is 3.88. The fourth-order valence-corrected chi connectivity index (χ4v) is 4.15. The van der Waals surface area contributed by atoms with Crippen LogP contribution in [0.25, 0.3) is 0 Å². The van der Waals surface area contributed by atoms with Gasteiger partial charge >= 0.3 is 0 Å². The molecular formula is C24H23ClN2O2S. The second kappa shape index (κ2) is 10.3. The summed E-state index contributed by atoms with van der Waals surface area (Å²) in [5, 5.41) is 6.16. The van der Waals surface area contributed by atoms with Crippen LogP contribution in [0.3, 0.4) is 0 Å². The zero-order chi connectivity index (χ0) is 21.5. The molecule has 0 heterocycles. The molecule has 0 bridgehead atoms. The fourth-order valence-electron chi connectivity index (χ4n) is 2.95. The summed E-state index contributed by atoms with van der Waals surface area (Å²) < 4.78 is 0. The Bertz CT molecular complexity index is 1050. The van der Waals surface area contributed by atoms with Crippen LogP contribution in [0.15, 0.2) is 77.7 Å². The molecule has 0 aliphatic rings. The molecule has 3 rings (SSSR count). The van der Waals surface area contributed by atoms with Crippen LogP contribution in [0, 0.1) is 6.92 Å². The number of halogens is 1. The first-order valence-corrected chi connectivity index (χ1v) is 10.9. The third-order valence-corrected chi connectivity index (χ3v) is 6.11. The van der Waals surface area contributed by atoms with E-state index in [4.69, 9.17) is 11.6 Å². The zero-order valence-electron chi connectivity index (χ0n) is 16.8. The Kier molecular flexibility index (Phi) is 7.55. The number of nitrogens with one attached hydrogen (secondary N) is 2. The molecule has 1 unspecified atom stereocenters. The van der Waals surface area contributed by atoms with Gasteiger partial charge in [0, 0.05) is 26.9 Å². The fraction of sp³-hybridized carbons (Fsp3) is 0.167. The number of carbonyl (C=O) groups excluding carboxylic acids is 2. The Morgan fingerprint density at radius 2 is 1.63 bits per heavy atom. The van der Waals surface area contributed by atoms with E-state index >= 15 is 0 Å². The van der Waals surface area contributed by atoms with Crippen LogP contribution in [-0.2, 0) is 4.79 Å². The number of anilines is 2. The molecule has 0 aliphatic carbocycles. The number of thioether (sulfide) groups is 1. The molecule has 154 valence electrons. The average molecular weight is 439 g/mol. The number of carbonyl (C=O) groups is 2. The maximum Gasteiger partial charge on any atom is 0.255 e. The van der Waals surface area contributed by atoms with Gasteiger partial charge in [-0.1, -0.05) is 48.9 Å². The smallest absolute Gasteiger partial charge is 0.255 e. The minimum absolute atomic E-state index is 0.0842. The molecule has 0 saturated carbocycles. The van der Waals surface area contributed by atoms with Gasteiger partial charge in [-0.05, 0) is 61.4 Å². The van der Waals surface area contributed by atoms with Gasteiger partial charge in [-0.15, -0.1) is 11.8 Å². The van der Waals surface area contributed by atoms with Gasteiger partial charge in [-0.3, -0.25) is 9.59 Å². The topological polar surface area (TPSA) is 58.2 Å². The van der Waals surface area contributed by atoms with Crippen LogP contribution in [-0.4, -0.2) is 17.1 Å². The van der Waals surface area contributed by atoms with E-state index in [0.717, 1.165) is 10.5 Å². The Hall–Kier alpha value is -2.76. The lowest BCUT2D eigenvalue weighted by Gasteiger charge is -2.16. The van der Waals surface area contributed by atoms with Crippen molar-refractivity contribution in [3.8, 4) is 0 Å². The average Bonchev–Trinajstić information content (AvgIpc) is 2.72. The van der Waals surface area contributed by atoms with Crippen molar-refractivity contribution in [1.29, 1.82) is 0 Å². The molecule has 30 heavy (non-hydrogen) atoms. The zero-order valence-corrected chi connectivity index (χ0v) is 18.4. The van der Waals surface area contributed by atoms with Crippen molar-refractivity contribution in [2.75, 3.05) is 10.6 Å². The van der Waals surface area contributed by atoms with Gasteiger partial charge in [0.25, 0.3) is 5.91 Å². The van der Waals surface area contributed by atoms with Crippen LogP contribution in [0.1, 0.15) is 29.3 Å². The van der Waals surface area contributed by atoms with E-state index in [1.54, 1.807) is 24.3 Å². The van der Waals surface area contributed by atoms with Gasteiger partial charge < -0.3 is 10.6 Å². The van der Waals surface area contributed by atoms with Crippen molar-refractivity contribution in [2.45, 2.75) is 30.4 Å². The third-order valence-electron chi connectivity index (χ3n) is 4.52. The maximum atomic E-state index is 12.7. The summed E-state index contributed by atoms with van der Waals surface area (Å²) >= 11 is 7.46. The van der Waals surface area contributed by atoms with Gasteiger partial charge in [0.2, 0.25) is 5.91 Å². The quantitative estimate of drug-likeness (QED) is 0.419. The minimum Gasteiger partial charge on any atom is -0.325 e. The van der Waals surface area contributed by atoms with Crippen LogP contribution < -0.4 is 10.6 Å². The molecule has 0 spiro atoms. The van der Waals surface area contributed by atoms with Crippen LogP contribution >= 0.6 is 23.4 Å². The third kappa shape index (κ3) is 5.88. The van der Waals surface area contributed by atoms with E-state index in [-0.39, 0.29) is 17.1 Å². The van der Waals surface area contributed by atoms with Crippen molar-refractivity contribution in [3.63, 3.8) is 0 Å². The number of aryl methyl sites for hydroxylation is 1. The lowest BCUT2D eigenvalue weighted by atomic mass is 10.1. The lowest BCUT2D eigenvalue weighted by molar-refractivity contribution is -0.115. The number of hydrogen-bond acceptors (Lipinski definition) is 3. The van der Waals surface area contributed by atoms with E-state index in [0.29, 0.717) is 28.4 Å². The first-order chi connectivity index (χ1) is 14.5. The lowest BCUT2D eigenvalue weighted by Crippen LogP contribution is -2.24. The Balaban J connectivity index is 1.67. The monoisotopic (exact) mass is 438 g/mol. The van der Waals surface area contributed by atoms with Crippen molar-refractivity contribution < 1.29 is 9.59 Å². The Morgan fingerprint density at radius 3 is 2.33 bits per heavy atom. The molecule has 3 aromatic rings. The van der Waals surface area contributed by atoms with E-state index in [9.17, 15) is 9.59 Å². The molecule has 2 amide bonds. The van der Waals surface area contributed by atoms with Gasteiger partial charge in [0.1, 0.15) is 0 Å². The van der Waals surface area contributed by atoms with E-state index in [2.05, 4.69) is 10.6 Å². The molecule has 1 atom stereocenters. The summed E-state index contributed by atoms with van der Waals surface area (Å²) in [5.41, 5.74) is 2.93. The maximum absolute atomic E-state index is 12.7. The van der Waals surface area contributed by atoms with Crippen LogP contribution in [0.5, 0.6) is 0 Å². The van der Waals surface area contributed by atoms with E-state index in [1.165, 1.54) is 11.8 Å². The highest BCUT2D eigenvalue weighted by atomic mass is 35.5. The molecule has 3 aromatic carbocycles.